The first-order valence-corrected chi connectivity index (χ1v) is 5.69. The van der Waals surface area contributed by atoms with Gasteiger partial charge in [0.15, 0.2) is 0 Å². The van der Waals surface area contributed by atoms with Gasteiger partial charge in [-0.05, 0) is 25.8 Å². The fraction of sp³-hybridized carbons (Fsp3) is 0.455. The zero-order valence-electron chi connectivity index (χ0n) is 9.11. The molecule has 86 valence electrons. The minimum Gasteiger partial charge on any atom is -0.384 e. The average Bonchev–Trinajstić information content (AvgIpc) is 2.67. The largest absolute Gasteiger partial charge is 0.384 e. The van der Waals surface area contributed by atoms with Gasteiger partial charge in [-0.15, -0.1) is 0 Å². The van der Waals surface area contributed by atoms with Crippen molar-refractivity contribution in [1.29, 1.82) is 0 Å². The van der Waals surface area contributed by atoms with Gasteiger partial charge in [-0.25, -0.2) is 4.98 Å². The zero-order valence-corrected chi connectivity index (χ0v) is 9.87. The molecule has 0 bridgehead atoms. The molecule has 2 rings (SSSR count). The first-order chi connectivity index (χ1) is 7.59. The first-order valence-electron chi connectivity index (χ1n) is 5.31. The number of nitrogen functional groups attached to an aromatic ring is 1. The van der Waals surface area contributed by atoms with Gasteiger partial charge in [0.2, 0.25) is 0 Å². The highest BCUT2D eigenvalue weighted by Crippen LogP contribution is 2.23. The van der Waals surface area contributed by atoms with Gasteiger partial charge in [-0.2, -0.15) is 0 Å². The number of rotatable bonds is 1. The summed E-state index contributed by atoms with van der Waals surface area (Å²) >= 11 is 5.95. The molecule has 1 fully saturated rings. The van der Waals surface area contributed by atoms with Crippen LogP contribution in [-0.4, -0.2) is 28.4 Å². The first kappa shape index (κ1) is 11.2. The Morgan fingerprint density at radius 3 is 3.06 bits per heavy atom. The Balaban J connectivity index is 2.29. The van der Waals surface area contributed by atoms with Gasteiger partial charge in [-0.1, -0.05) is 11.6 Å². The van der Waals surface area contributed by atoms with Crippen LogP contribution in [0.4, 0.5) is 5.82 Å². The predicted molar refractivity (Wildman–Crippen MR) is 63.4 cm³/mol. The van der Waals surface area contributed by atoms with Crippen LogP contribution in [0.2, 0.25) is 5.02 Å². The maximum absolute atomic E-state index is 12.2. The third-order valence-electron chi connectivity index (χ3n) is 2.92. The Morgan fingerprint density at radius 2 is 2.44 bits per heavy atom. The SMILES string of the molecule is CC1CCCN1C(=O)c1cc(N)ncc1Cl. The summed E-state index contributed by atoms with van der Waals surface area (Å²) in [4.78, 5) is 17.9. The highest BCUT2D eigenvalue weighted by Gasteiger charge is 2.27. The molecule has 0 spiro atoms. The second kappa shape index (κ2) is 4.29. The standard InChI is InChI=1S/C11H14ClN3O/c1-7-3-2-4-15(7)11(16)8-5-10(13)14-6-9(8)12/h5-7H,2-4H2,1H3,(H2,13,14). The molecule has 1 atom stereocenters. The summed E-state index contributed by atoms with van der Waals surface area (Å²) in [6.45, 7) is 2.84. The lowest BCUT2D eigenvalue weighted by atomic mass is 10.2. The molecule has 1 aromatic rings. The number of aromatic nitrogens is 1. The van der Waals surface area contributed by atoms with E-state index in [1.54, 1.807) is 0 Å². The zero-order chi connectivity index (χ0) is 11.7. The molecule has 2 heterocycles. The number of anilines is 1. The lowest BCUT2D eigenvalue weighted by Crippen LogP contribution is -2.33. The summed E-state index contributed by atoms with van der Waals surface area (Å²) in [5.41, 5.74) is 6.01. The highest BCUT2D eigenvalue weighted by molar-refractivity contribution is 6.33. The molecule has 0 radical (unpaired) electrons. The van der Waals surface area contributed by atoms with Crippen molar-refractivity contribution in [2.45, 2.75) is 25.8 Å². The van der Waals surface area contributed by atoms with E-state index in [0.29, 0.717) is 16.4 Å². The molecule has 1 saturated heterocycles. The second-order valence-electron chi connectivity index (χ2n) is 4.08. The van der Waals surface area contributed by atoms with Crippen molar-refractivity contribution in [2.24, 2.45) is 0 Å². The minimum atomic E-state index is -0.0518. The van der Waals surface area contributed by atoms with Gasteiger partial charge < -0.3 is 10.6 Å². The van der Waals surface area contributed by atoms with Crippen molar-refractivity contribution in [1.82, 2.24) is 9.88 Å². The van der Waals surface area contributed by atoms with E-state index in [1.165, 1.54) is 12.3 Å². The average molecular weight is 240 g/mol. The number of likely N-dealkylation sites (tertiary alicyclic amines) is 1. The van der Waals surface area contributed by atoms with Crippen molar-refractivity contribution in [2.75, 3.05) is 12.3 Å². The smallest absolute Gasteiger partial charge is 0.255 e. The summed E-state index contributed by atoms with van der Waals surface area (Å²) < 4.78 is 0. The van der Waals surface area contributed by atoms with E-state index in [2.05, 4.69) is 4.98 Å². The summed E-state index contributed by atoms with van der Waals surface area (Å²) in [5.74, 6) is 0.267. The summed E-state index contributed by atoms with van der Waals surface area (Å²) in [6, 6.07) is 1.81. The third-order valence-corrected chi connectivity index (χ3v) is 3.22. The summed E-state index contributed by atoms with van der Waals surface area (Å²) in [7, 11) is 0. The van der Waals surface area contributed by atoms with E-state index in [-0.39, 0.29) is 11.9 Å². The summed E-state index contributed by atoms with van der Waals surface area (Å²) in [5, 5.41) is 0.360. The van der Waals surface area contributed by atoms with Crippen LogP contribution in [0.3, 0.4) is 0 Å². The lowest BCUT2D eigenvalue weighted by Gasteiger charge is -2.21. The van der Waals surface area contributed by atoms with Crippen molar-refractivity contribution in [3.8, 4) is 0 Å². The van der Waals surface area contributed by atoms with Crippen LogP contribution in [0, 0.1) is 0 Å². The molecule has 1 amide bonds. The molecule has 5 heteroatoms. The number of halogens is 1. The number of hydrogen-bond donors (Lipinski definition) is 1. The Kier molecular flexibility index (Phi) is 3.01. The molecule has 1 aliphatic heterocycles. The molecule has 1 aromatic heterocycles. The van der Waals surface area contributed by atoms with Crippen molar-refractivity contribution in [3.05, 3.63) is 22.8 Å². The molecular weight excluding hydrogens is 226 g/mol. The molecule has 0 aromatic carbocycles. The molecule has 1 aliphatic rings. The number of carbonyl (C=O) groups is 1. The molecule has 4 nitrogen and oxygen atoms in total. The van der Waals surface area contributed by atoms with Crippen LogP contribution in [0.5, 0.6) is 0 Å². The fourth-order valence-electron chi connectivity index (χ4n) is 2.01. The number of nitrogens with zero attached hydrogens (tertiary/aromatic N) is 2. The second-order valence-corrected chi connectivity index (χ2v) is 4.49. The van der Waals surface area contributed by atoms with Gasteiger partial charge in [0, 0.05) is 18.8 Å². The van der Waals surface area contributed by atoms with Gasteiger partial charge in [0.1, 0.15) is 5.82 Å². The topological polar surface area (TPSA) is 59.2 Å². The minimum absolute atomic E-state index is 0.0518. The number of carbonyl (C=O) groups excluding carboxylic acids is 1. The van der Waals surface area contributed by atoms with Gasteiger partial charge in [0.25, 0.3) is 5.91 Å². The molecule has 0 aliphatic carbocycles. The van der Waals surface area contributed by atoms with E-state index in [9.17, 15) is 4.79 Å². The lowest BCUT2D eigenvalue weighted by molar-refractivity contribution is 0.0747. The molecule has 1 unspecified atom stereocenters. The van der Waals surface area contributed by atoms with Gasteiger partial charge in [-0.3, -0.25) is 4.79 Å². The summed E-state index contributed by atoms with van der Waals surface area (Å²) in [6.07, 6.45) is 3.51. The maximum Gasteiger partial charge on any atom is 0.255 e. The Bertz CT molecular complexity index is 422. The van der Waals surface area contributed by atoms with Crippen molar-refractivity contribution >= 4 is 23.3 Å². The monoisotopic (exact) mass is 239 g/mol. The maximum atomic E-state index is 12.2. The Labute approximate surface area is 99.4 Å². The van der Waals surface area contributed by atoms with Crippen molar-refractivity contribution < 1.29 is 4.79 Å². The molecule has 16 heavy (non-hydrogen) atoms. The molecule has 2 N–H and O–H groups in total. The van der Waals surface area contributed by atoms with Crippen LogP contribution in [0.1, 0.15) is 30.1 Å². The predicted octanol–water partition coefficient (Wildman–Crippen LogP) is 1.94. The van der Waals surface area contributed by atoms with Crippen LogP contribution in [0.15, 0.2) is 12.3 Å². The number of hydrogen-bond acceptors (Lipinski definition) is 3. The number of amides is 1. The molecule has 0 saturated carbocycles. The highest BCUT2D eigenvalue weighted by atomic mass is 35.5. The third kappa shape index (κ3) is 1.97. The van der Waals surface area contributed by atoms with E-state index in [4.69, 9.17) is 17.3 Å². The Morgan fingerprint density at radius 1 is 1.69 bits per heavy atom. The van der Waals surface area contributed by atoms with E-state index in [1.807, 2.05) is 11.8 Å². The van der Waals surface area contributed by atoms with Crippen LogP contribution in [0.25, 0.3) is 0 Å². The number of pyridine rings is 1. The van der Waals surface area contributed by atoms with Gasteiger partial charge >= 0.3 is 0 Å². The van der Waals surface area contributed by atoms with Crippen LogP contribution in [-0.2, 0) is 0 Å². The van der Waals surface area contributed by atoms with Crippen LogP contribution >= 0.6 is 11.6 Å². The number of nitrogens with two attached hydrogens (primary N) is 1. The normalized spacial score (nSPS) is 20.1. The quantitative estimate of drug-likeness (QED) is 0.815. The van der Waals surface area contributed by atoms with Crippen LogP contribution < -0.4 is 5.73 Å². The Hall–Kier alpha value is -1.29. The van der Waals surface area contributed by atoms with E-state index in [0.717, 1.165) is 19.4 Å². The molecular formula is C11H14ClN3O. The van der Waals surface area contributed by atoms with E-state index < -0.39 is 0 Å². The van der Waals surface area contributed by atoms with E-state index >= 15 is 0 Å². The fourth-order valence-corrected chi connectivity index (χ4v) is 2.19. The van der Waals surface area contributed by atoms with Gasteiger partial charge in [0.05, 0.1) is 10.6 Å². The van der Waals surface area contributed by atoms with Crippen molar-refractivity contribution in [3.63, 3.8) is 0 Å².